The van der Waals surface area contributed by atoms with Gasteiger partial charge < -0.3 is 10.0 Å². The Morgan fingerprint density at radius 3 is 2.94 bits per heavy atom. The van der Waals surface area contributed by atoms with Crippen molar-refractivity contribution in [2.75, 3.05) is 23.7 Å². The molecular weight excluding hydrogens is 232 g/mol. The number of aromatic nitrogens is 1. The van der Waals surface area contributed by atoms with Gasteiger partial charge in [-0.05, 0) is 38.5 Å². The molecule has 1 aromatic heterocycles. The lowest BCUT2D eigenvalue weighted by Gasteiger charge is -2.38. The van der Waals surface area contributed by atoms with E-state index in [0.29, 0.717) is 0 Å². The smallest absolute Gasteiger partial charge is 0.128 e. The molecule has 1 N–H and O–H groups in total. The van der Waals surface area contributed by atoms with Crippen LogP contribution in [0.1, 0.15) is 32.4 Å². The lowest BCUT2D eigenvalue weighted by Crippen LogP contribution is -2.43. The van der Waals surface area contributed by atoms with Crippen molar-refractivity contribution in [2.24, 2.45) is 0 Å². The van der Waals surface area contributed by atoms with Crippen molar-refractivity contribution in [2.45, 2.75) is 31.6 Å². The highest BCUT2D eigenvalue weighted by Gasteiger charge is 2.27. The molecule has 1 atom stereocenters. The highest BCUT2D eigenvalue weighted by Crippen LogP contribution is 2.31. The van der Waals surface area contributed by atoms with Gasteiger partial charge in [0.25, 0.3) is 0 Å². The summed E-state index contributed by atoms with van der Waals surface area (Å²) >= 11 is 2.01. The molecule has 2 heterocycles. The Labute approximate surface area is 107 Å². The van der Waals surface area contributed by atoms with E-state index >= 15 is 0 Å². The number of thioether (sulfide) groups is 1. The Hall–Kier alpha value is -0.740. The van der Waals surface area contributed by atoms with E-state index in [1.54, 1.807) is 13.1 Å². The zero-order chi connectivity index (χ0) is 12.5. The second-order valence-electron chi connectivity index (χ2n) is 5.15. The Morgan fingerprint density at radius 2 is 2.29 bits per heavy atom. The molecule has 0 aliphatic carbocycles. The largest absolute Gasteiger partial charge is 0.389 e. The third kappa shape index (κ3) is 3.13. The summed E-state index contributed by atoms with van der Waals surface area (Å²) in [5.41, 5.74) is 0.936. The van der Waals surface area contributed by atoms with E-state index in [2.05, 4.69) is 23.7 Å². The molecule has 1 saturated heterocycles. The highest BCUT2D eigenvalue weighted by molar-refractivity contribution is 8.00. The summed E-state index contributed by atoms with van der Waals surface area (Å²) in [6.07, 6.45) is 1.36. The molecule has 0 saturated carbocycles. The minimum absolute atomic E-state index is 0.279. The zero-order valence-corrected chi connectivity index (χ0v) is 11.5. The third-order valence-corrected chi connectivity index (χ3v) is 4.30. The van der Waals surface area contributed by atoms with Gasteiger partial charge in [0.05, 0.1) is 6.10 Å². The van der Waals surface area contributed by atoms with E-state index in [-0.39, 0.29) is 4.75 Å². The van der Waals surface area contributed by atoms with Gasteiger partial charge in [-0.2, -0.15) is 11.8 Å². The van der Waals surface area contributed by atoms with Crippen LogP contribution in [0, 0.1) is 0 Å². The predicted octanol–water partition coefficient (Wildman–Crippen LogP) is 2.47. The van der Waals surface area contributed by atoms with Crippen LogP contribution in [0.2, 0.25) is 0 Å². The SMILES string of the molecule is CC(O)c1ccnc(N2CCSC(C)(C)C2)c1. The maximum Gasteiger partial charge on any atom is 0.128 e. The monoisotopic (exact) mass is 252 g/mol. The molecule has 1 aromatic rings. The number of hydrogen-bond donors (Lipinski definition) is 1. The minimum Gasteiger partial charge on any atom is -0.389 e. The molecule has 1 aliphatic rings. The Morgan fingerprint density at radius 1 is 1.53 bits per heavy atom. The average Bonchev–Trinajstić information content (AvgIpc) is 2.28. The van der Waals surface area contributed by atoms with Crippen molar-refractivity contribution in [3.63, 3.8) is 0 Å². The molecule has 4 heteroatoms. The summed E-state index contributed by atoms with van der Waals surface area (Å²) in [7, 11) is 0. The molecule has 0 amide bonds. The number of rotatable bonds is 2. The number of anilines is 1. The molecule has 0 spiro atoms. The van der Waals surface area contributed by atoms with Crippen LogP contribution in [0.4, 0.5) is 5.82 Å². The first-order chi connectivity index (χ1) is 7.98. The number of hydrogen-bond acceptors (Lipinski definition) is 4. The van der Waals surface area contributed by atoms with Gasteiger partial charge in [0.2, 0.25) is 0 Å². The van der Waals surface area contributed by atoms with Gasteiger partial charge in [0.1, 0.15) is 5.82 Å². The summed E-state index contributed by atoms with van der Waals surface area (Å²) in [5.74, 6) is 2.12. The van der Waals surface area contributed by atoms with E-state index in [0.717, 1.165) is 30.2 Å². The Kier molecular flexibility index (Phi) is 3.64. The van der Waals surface area contributed by atoms with Gasteiger partial charge in [-0.1, -0.05) is 0 Å². The fourth-order valence-corrected chi connectivity index (χ4v) is 3.19. The first-order valence-electron chi connectivity index (χ1n) is 6.01. The van der Waals surface area contributed by atoms with Crippen LogP contribution >= 0.6 is 11.8 Å². The van der Waals surface area contributed by atoms with Crippen molar-refractivity contribution in [3.05, 3.63) is 23.9 Å². The van der Waals surface area contributed by atoms with Gasteiger partial charge in [0, 0.05) is 29.8 Å². The van der Waals surface area contributed by atoms with Crippen molar-refractivity contribution in [3.8, 4) is 0 Å². The lowest BCUT2D eigenvalue weighted by molar-refractivity contribution is 0.199. The molecule has 0 aromatic carbocycles. The molecule has 17 heavy (non-hydrogen) atoms. The summed E-state index contributed by atoms with van der Waals surface area (Å²) in [6.45, 7) is 8.36. The van der Waals surface area contributed by atoms with Crippen LogP contribution < -0.4 is 4.90 Å². The fraction of sp³-hybridized carbons (Fsp3) is 0.615. The van der Waals surface area contributed by atoms with E-state index in [4.69, 9.17) is 0 Å². The molecule has 0 bridgehead atoms. The number of nitrogens with zero attached hydrogens (tertiary/aromatic N) is 2. The van der Waals surface area contributed by atoms with Crippen LogP contribution in [-0.4, -0.2) is 33.7 Å². The van der Waals surface area contributed by atoms with Crippen molar-refractivity contribution >= 4 is 17.6 Å². The van der Waals surface area contributed by atoms with Gasteiger partial charge in [-0.25, -0.2) is 4.98 Å². The maximum absolute atomic E-state index is 9.60. The quantitative estimate of drug-likeness (QED) is 0.877. The van der Waals surface area contributed by atoms with Crippen LogP contribution in [0.3, 0.4) is 0 Å². The molecule has 1 unspecified atom stereocenters. The van der Waals surface area contributed by atoms with Crippen LogP contribution in [0.25, 0.3) is 0 Å². The normalized spacial score (nSPS) is 21.3. The lowest BCUT2D eigenvalue weighted by atomic mass is 10.1. The first kappa shape index (κ1) is 12.7. The molecule has 1 fully saturated rings. The fourth-order valence-electron chi connectivity index (χ4n) is 2.08. The summed E-state index contributed by atoms with van der Waals surface area (Å²) in [4.78, 5) is 6.72. The third-order valence-electron chi connectivity index (χ3n) is 3.00. The molecule has 0 radical (unpaired) electrons. The standard InChI is InChI=1S/C13H20N2OS/c1-10(16)11-4-5-14-12(8-11)15-6-7-17-13(2,3)9-15/h4-5,8,10,16H,6-7,9H2,1-3H3. The summed E-state index contributed by atoms with van der Waals surface area (Å²) in [5, 5.41) is 9.60. The minimum atomic E-state index is -0.427. The topological polar surface area (TPSA) is 36.4 Å². The van der Waals surface area contributed by atoms with Crippen LogP contribution in [-0.2, 0) is 0 Å². The average molecular weight is 252 g/mol. The summed E-state index contributed by atoms with van der Waals surface area (Å²) < 4.78 is 0.279. The van der Waals surface area contributed by atoms with Crippen LogP contribution in [0.15, 0.2) is 18.3 Å². The second kappa shape index (κ2) is 4.86. The van der Waals surface area contributed by atoms with Crippen molar-refractivity contribution in [1.29, 1.82) is 0 Å². The molecule has 94 valence electrons. The summed E-state index contributed by atoms with van der Waals surface area (Å²) in [6, 6.07) is 3.87. The van der Waals surface area contributed by atoms with Crippen LogP contribution in [0.5, 0.6) is 0 Å². The second-order valence-corrected chi connectivity index (χ2v) is 6.96. The maximum atomic E-state index is 9.60. The highest BCUT2D eigenvalue weighted by atomic mass is 32.2. The Balaban J connectivity index is 2.19. The van der Waals surface area contributed by atoms with Gasteiger partial charge >= 0.3 is 0 Å². The van der Waals surface area contributed by atoms with E-state index < -0.39 is 6.10 Å². The number of aliphatic hydroxyl groups excluding tert-OH is 1. The Bertz CT molecular complexity index is 393. The predicted molar refractivity (Wildman–Crippen MR) is 73.6 cm³/mol. The van der Waals surface area contributed by atoms with Gasteiger partial charge in [-0.15, -0.1) is 0 Å². The zero-order valence-electron chi connectivity index (χ0n) is 10.7. The molecule has 1 aliphatic heterocycles. The number of aliphatic hydroxyl groups is 1. The van der Waals surface area contributed by atoms with Gasteiger partial charge in [-0.3, -0.25) is 0 Å². The van der Waals surface area contributed by atoms with Crippen molar-refractivity contribution < 1.29 is 5.11 Å². The van der Waals surface area contributed by atoms with E-state index in [1.165, 1.54) is 0 Å². The molecule has 3 nitrogen and oxygen atoms in total. The van der Waals surface area contributed by atoms with E-state index in [1.807, 2.05) is 23.9 Å². The van der Waals surface area contributed by atoms with E-state index in [9.17, 15) is 5.11 Å². The van der Waals surface area contributed by atoms with Gasteiger partial charge in [0.15, 0.2) is 0 Å². The number of pyridine rings is 1. The molecular formula is C13H20N2OS. The molecule has 2 rings (SSSR count). The van der Waals surface area contributed by atoms with Crippen molar-refractivity contribution in [1.82, 2.24) is 4.98 Å². The first-order valence-corrected chi connectivity index (χ1v) is 6.99.